The molecule has 0 atom stereocenters. The van der Waals surface area contributed by atoms with Crippen LogP contribution in [-0.2, 0) is 9.53 Å². The van der Waals surface area contributed by atoms with Gasteiger partial charge in [-0.25, -0.2) is 4.79 Å². The van der Waals surface area contributed by atoms with Gasteiger partial charge in [0.15, 0.2) is 6.61 Å². The molecule has 0 aliphatic carbocycles. The number of nitro benzene ring substituents is 1. The maximum Gasteiger partial charge on any atom is 0.342 e. The van der Waals surface area contributed by atoms with Crippen molar-refractivity contribution in [3.8, 4) is 5.75 Å². The fourth-order valence-corrected chi connectivity index (χ4v) is 1.75. The zero-order valence-electron chi connectivity index (χ0n) is 11.8. The number of ether oxygens (including phenoxy) is 1. The number of amides is 1. The Morgan fingerprint density at radius 2 is 1.91 bits per heavy atom. The minimum Gasteiger partial charge on any atom is -0.507 e. The van der Waals surface area contributed by atoms with Crippen LogP contribution in [0.1, 0.15) is 10.4 Å². The molecule has 0 aliphatic heterocycles. The van der Waals surface area contributed by atoms with Gasteiger partial charge in [-0.1, -0.05) is 18.2 Å². The third kappa shape index (κ3) is 4.27. The van der Waals surface area contributed by atoms with Crippen LogP contribution in [0, 0.1) is 10.1 Å². The zero-order valence-corrected chi connectivity index (χ0v) is 11.8. The SMILES string of the molecule is O=C(COC(=O)c1ccccc1O)Nc1cccc([N+](=O)[O-])c1. The Balaban J connectivity index is 1.93. The number of nitro groups is 1. The summed E-state index contributed by atoms with van der Waals surface area (Å²) in [5.74, 6) is -1.76. The number of rotatable bonds is 5. The van der Waals surface area contributed by atoms with Crippen LogP contribution < -0.4 is 5.32 Å². The molecule has 2 N–H and O–H groups in total. The molecule has 0 spiro atoms. The lowest BCUT2D eigenvalue weighted by molar-refractivity contribution is -0.384. The van der Waals surface area contributed by atoms with Crippen molar-refractivity contribution >= 4 is 23.3 Å². The largest absolute Gasteiger partial charge is 0.507 e. The molecule has 0 aromatic heterocycles. The van der Waals surface area contributed by atoms with Crippen molar-refractivity contribution < 1.29 is 24.4 Å². The number of nitrogens with zero attached hydrogens (tertiary/aromatic N) is 1. The van der Waals surface area contributed by atoms with Crippen LogP contribution in [0.15, 0.2) is 48.5 Å². The third-order valence-corrected chi connectivity index (χ3v) is 2.80. The smallest absolute Gasteiger partial charge is 0.342 e. The van der Waals surface area contributed by atoms with Crippen molar-refractivity contribution in [2.45, 2.75) is 0 Å². The molecule has 0 saturated heterocycles. The normalized spacial score (nSPS) is 9.91. The topological polar surface area (TPSA) is 119 Å². The van der Waals surface area contributed by atoms with Gasteiger partial charge >= 0.3 is 5.97 Å². The molecule has 2 aromatic rings. The van der Waals surface area contributed by atoms with Gasteiger partial charge in [0.05, 0.1) is 4.92 Å². The maximum absolute atomic E-state index is 11.7. The van der Waals surface area contributed by atoms with Crippen LogP contribution in [0.5, 0.6) is 5.75 Å². The van der Waals surface area contributed by atoms with E-state index >= 15 is 0 Å². The predicted molar refractivity (Wildman–Crippen MR) is 80.1 cm³/mol. The monoisotopic (exact) mass is 316 g/mol. The number of aromatic hydroxyl groups is 1. The van der Waals surface area contributed by atoms with E-state index in [9.17, 15) is 24.8 Å². The maximum atomic E-state index is 11.7. The van der Waals surface area contributed by atoms with Gasteiger partial charge in [0.2, 0.25) is 0 Å². The molecule has 2 rings (SSSR count). The van der Waals surface area contributed by atoms with Crippen molar-refractivity contribution in [1.29, 1.82) is 0 Å². The van der Waals surface area contributed by atoms with E-state index in [0.29, 0.717) is 0 Å². The van der Waals surface area contributed by atoms with Crippen molar-refractivity contribution in [3.05, 3.63) is 64.2 Å². The van der Waals surface area contributed by atoms with Gasteiger partial charge in [0, 0.05) is 17.8 Å². The minimum absolute atomic E-state index is 0.0596. The van der Waals surface area contributed by atoms with Gasteiger partial charge in [-0.2, -0.15) is 0 Å². The Morgan fingerprint density at radius 3 is 2.61 bits per heavy atom. The molecule has 23 heavy (non-hydrogen) atoms. The van der Waals surface area contributed by atoms with Gasteiger partial charge < -0.3 is 15.2 Å². The second-order valence-corrected chi connectivity index (χ2v) is 4.45. The molecule has 0 bridgehead atoms. The molecule has 0 aliphatic rings. The standard InChI is InChI=1S/C15H12N2O6/c18-13-7-2-1-6-12(13)15(20)23-9-14(19)16-10-4-3-5-11(8-10)17(21)22/h1-8,18H,9H2,(H,16,19). The van der Waals surface area contributed by atoms with Crippen LogP contribution in [0.2, 0.25) is 0 Å². The summed E-state index contributed by atoms with van der Waals surface area (Å²) in [6.07, 6.45) is 0. The first-order valence-electron chi connectivity index (χ1n) is 6.47. The van der Waals surface area contributed by atoms with Gasteiger partial charge in [-0.15, -0.1) is 0 Å². The van der Waals surface area contributed by atoms with E-state index in [1.165, 1.54) is 36.4 Å². The molecule has 2 aromatic carbocycles. The molecular formula is C15H12N2O6. The predicted octanol–water partition coefficient (Wildman–Crippen LogP) is 2.10. The summed E-state index contributed by atoms with van der Waals surface area (Å²) in [4.78, 5) is 33.5. The minimum atomic E-state index is -0.850. The number of esters is 1. The first-order chi connectivity index (χ1) is 11.0. The number of benzene rings is 2. The van der Waals surface area contributed by atoms with Crippen molar-refractivity contribution in [2.75, 3.05) is 11.9 Å². The lowest BCUT2D eigenvalue weighted by Gasteiger charge is -2.07. The Kier molecular flexibility index (Phi) is 4.88. The summed E-state index contributed by atoms with van der Waals surface area (Å²) in [6.45, 7) is -0.587. The van der Waals surface area contributed by atoms with Crippen LogP contribution in [0.25, 0.3) is 0 Å². The summed E-state index contributed by atoms with van der Waals surface area (Å²) >= 11 is 0. The Morgan fingerprint density at radius 1 is 1.17 bits per heavy atom. The van der Waals surface area contributed by atoms with E-state index in [2.05, 4.69) is 5.32 Å². The molecule has 118 valence electrons. The first kappa shape index (κ1) is 16.0. The molecule has 0 fully saturated rings. The molecule has 0 heterocycles. The van der Waals surface area contributed by atoms with Crippen LogP contribution in [0.4, 0.5) is 11.4 Å². The molecular weight excluding hydrogens is 304 g/mol. The highest BCUT2D eigenvalue weighted by molar-refractivity contribution is 5.96. The summed E-state index contributed by atoms with van der Waals surface area (Å²) in [6, 6.07) is 11.1. The number of anilines is 1. The Labute approximate surface area is 130 Å². The third-order valence-electron chi connectivity index (χ3n) is 2.80. The average Bonchev–Trinajstić information content (AvgIpc) is 2.53. The number of carbonyl (C=O) groups excluding carboxylic acids is 2. The number of non-ortho nitro benzene ring substituents is 1. The van der Waals surface area contributed by atoms with E-state index in [1.807, 2.05) is 0 Å². The summed E-state index contributed by atoms with van der Waals surface area (Å²) in [5, 5.41) is 22.5. The highest BCUT2D eigenvalue weighted by Crippen LogP contribution is 2.18. The van der Waals surface area contributed by atoms with Crippen LogP contribution >= 0.6 is 0 Å². The Bertz CT molecular complexity index is 759. The van der Waals surface area contributed by atoms with E-state index in [0.717, 1.165) is 0 Å². The van der Waals surface area contributed by atoms with Crippen molar-refractivity contribution in [3.63, 3.8) is 0 Å². The van der Waals surface area contributed by atoms with Gasteiger partial charge in [-0.05, 0) is 18.2 Å². The average molecular weight is 316 g/mol. The fourth-order valence-electron chi connectivity index (χ4n) is 1.75. The second kappa shape index (κ2) is 7.03. The molecule has 1 amide bonds. The molecule has 8 nitrogen and oxygen atoms in total. The van der Waals surface area contributed by atoms with Crippen molar-refractivity contribution in [1.82, 2.24) is 0 Å². The fraction of sp³-hybridized carbons (Fsp3) is 0.0667. The lowest BCUT2D eigenvalue weighted by atomic mass is 10.2. The van der Waals surface area contributed by atoms with Crippen LogP contribution in [0.3, 0.4) is 0 Å². The highest BCUT2D eigenvalue weighted by atomic mass is 16.6. The molecule has 0 saturated carbocycles. The number of phenols is 1. The summed E-state index contributed by atoms with van der Waals surface area (Å²) < 4.78 is 4.78. The van der Waals surface area contributed by atoms with E-state index in [1.54, 1.807) is 12.1 Å². The number of nitrogens with one attached hydrogen (secondary N) is 1. The first-order valence-corrected chi connectivity index (χ1v) is 6.47. The zero-order chi connectivity index (χ0) is 16.8. The number of carbonyl (C=O) groups is 2. The van der Waals surface area contributed by atoms with Gasteiger partial charge in [-0.3, -0.25) is 14.9 Å². The molecule has 0 radical (unpaired) electrons. The van der Waals surface area contributed by atoms with E-state index in [4.69, 9.17) is 4.74 Å². The second-order valence-electron chi connectivity index (χ2n) is 4.45. The number of hydrogen-bond acceptors (Lipinski definition) is 6. The molecule has 8 heteroatoms. The summed E-state index contributed by atoms with van der Waals surface area (Å²) in [7, 11) is 0. The van der Waals surface area contributed by atoms with E-state index < -0.39 is 23.4 Å². The number of hydrogen-bond donors (Lipinski definition) is 2. The van der Waals surface area contributed by atoms with E-state index in [-0.39, 0.29) is 22.7 Å². The molecule has 0 unspecified atom stereocenters. The van der Waals surface area contributed by atoms with Crippen LogP contribution in [-0.4, -0.2) is 28.5 Å². The quantitative estimate of drug-likeness (QED) is 0.495. The summed E-state index contributed by atoms with van der Waals surface area (Å²) in [5.41, 5.74) is -0.0209. The highest BCUT2D eigenvalue weighted by Gasteiger charge is 2.14. The van der Waals surface area contributed by atoms with Gasteiger partial charge in [0.25, 0.3) is 11.6 Å². The number of para-hydroxylation sites is 1. The van der Waals surface area contributed by atoms with Gasteiger partial charge in [0.1, 0.15) is 11.3 Å². The Hall–Kier alpha value is -3.42. The number of phenolic OH excluding ortho intramolecular Hbond substituents is 1. The lowest BCUT2D eigenvalue weighted by Crippen LogP contribution is -2.21. The van der Waals surface area contributed by atoms with Crippen molar-refractivity contribution in [2.24, 2.45) is 0 Å².